The zero-order valence-corrected chi connectivity index (χ0v) is 12.9. The summed E-state index contributed by atoms with van der Waals surface area (Å²) < 4.78 is 0.532. The van der Waals surface area contributed by atoms with Gasteiger partial charge in [-0.05, 0) is 40.0 Å². The quantitative estimate of drug-likeness (QED) is 0.921. The van der Waals surface area contributed by atoms with Crippen molar-refractivity contribution in [3.8, 4) is 0 Å². The Morgan fingerprint density at radius 1 is 1.42 bits per heavy atom. The summed E-state index contributed by atoms with van der Waals surface area (Å²) in [7, 11) is 0. The van der Waals surface area contributed by atoms with E-state index in [2.05, 4.69) is 32.8 Å². The van der Waals surface area contributed by atoms with Crippen molar-refractivity contribution in [1.82, 2.24) is 9.97 Å². The van der Waals surface area contributed by atoms with Gasteiger partial charge in [-0.1, -0.05) is 37.1 Å². The number of nitrogens with one attached hydrogen (secondary N) is 1. The highest BCUT2D eigenvalue weighted by Crippen LogP contribution is 2.15. The van der Waals surface area contributed by atoms with E-state index in [9.17, 15) is 4.79 Å². The van der Waals surface area contributed by atoms with Crippen LogP contribution in [-0.4, -0.2) is 9.97 Å². The number of benzene rings is 1. The molecule has 1 heterocycles. The summed E-state index contributed by atoms with van der Waals surface area (Å²) in [5, 5.41) is 0.686. The molecular formula is C14H14BrClN2O. The van der Waals surface area contributed by atoms with E-state index in [4.69, 9.17) is 11.6 Å². The molecule has 0 fully saturated rings. The van der Waals surface area contributed by atoms with Crippen LogP contribution >= 0.6 is 27.5 Å². The van der Waals surface area contributed by atoms with Gasteiger partial charge in [0.25, 0.3) is 5.56 Å². The first kappa shape index (κ1) is 14.3. The van der Waals surface area contributed by atoms with Crippen molar-refractivity contribution in [2.24, 2.45) is 0 Å². The fourth-order valence-corrected chi connectivity index (χ4v) is 2.48. The van der Waals surface area contributed by atoms with Crippen LogP contribution < -0.4 is 5.56 Å². The van der Waals surface area contributed by atoms with E-state index in [-0.39, 0.29) is 5.56 Å². The Labute approximate surface area is 125 Å². The zero-order chi connectivity index (χ0) is 13.8. The SMILES string of the molecule is CCCc1nc(Cc2cccc(Cl)c2)[nH]c(=O)c1Br. The van der Waals surface area contributed by atoms with E-state index in [0.29, 0.717) is 21.7 Å². The van der Waals surface area contributed by atoms with Crippen molar-refractivity contribution in [3.05, 3.63) is 61.2 Å². The Morgan fingerprint density at radius 3 is 2.89 bits per heavy atom. The Balaban J connectivity index is 2.33. The smallest absolute Gasteiger partial charge is 0.265 e. The lowest BCUT2D eigenvalue weighted by Gasteiger charge is -2.06. The summed E-state index contributed by atoms with van der Waals surface area (Å²) in [5.41, 5.74) is 1.71. The molecule has 1 N–H and O–H groups in total. The molecule has 5 heteroatoms. The Kier molecular flexibility index (Phi) is 4.77. The molecule has 0 aliphatic heterocycles. The average Bonchev–Trinajstić information content (AvgIpc) is 2.35. The van der Waals surface area contributed by atoms with E-state index in [1.54, 1.807) is 0 Å². The molecule has 19 heavy (non-hydrogen) atoms. The third-order valence-corrected chi connectivity index (χ3v) is 3.78. The van der Waals surface area contributed by atoms with Crippen LogP contribution in [0.25, 0.3) is 0 Å². The number of rotatable bonds is 4. The highest BCUT2D eigenvalue weighted by atomic mass is 79.9. The van der Waals surface area contributed by atoms with Gasteiger partial charge in [0, 0.05) is 11.4 Å². The molecule has 0 radical (unpaired) electrons. The van der Waals surface area contributed by atoms with Crippen LogP contribution in [0.4, 0.5) is 0 Å². The molecule has 0 aliphatic rings. The predicted molar refractivity (Wildman–Crippen MR) is 80.8 cm³/mol. The normalized spacial score (nSPS) is 10.7. The molecule has 0 aliphatic carbocycles. The molecule has 0 amide bonds. The number of hydrogen-bond donors (Lipinski definition) is 1. The van der Waals surface area contributed by atoms with Gasteiger partial charge in [0.05, 0.1) is 5.69 Å². The predicted octanol–water partition coefficient (Wildman–Crippen LogP) is 3.73. The highest BCUT2D eigenvalue weighted by Gasteiger charge is 2.08. The first-order chi connectivity index (χ1) is 9.10. The number of nitrogens with zero attached hydrogens (tertiary/aromatic N) is 1. The number of aryl methyl sites for hydroxylation is 1. The lowest BCUT2D eigenvalue weighted by atomic mass is 10.1. The number of aromatic amines is 1. The molecule has 0 saturated carbocycles. The van der Waals surface area contributed by atoms with Gasteiger partial charge in [-0.2, -0.15) is 0 Å². The monoisotopic (exact) mass is 340 g/mol. The van der Waals surface area contributed by atoms with Crippen LogP contribution in [0.1, 0.15) is 30.4 Å². The van der Waals surface area contributed by atoms with Crippen molar-refractivity contribution in [3.63, 3.8) is 0 Å². The van der Waals surface area contributed by atoms with Gasteiger partial charge < -0.3 is 4.98 Å². The largest absolute Gasteiger partial charge is 0.309 e. The van der Waals surface area contributed by atoms with E-state index < -0.39 is 0 Å². The van der Waals surface area contributed by atoms with E-state index in [1.165, 1.54) is 0 Å². The van der Waals surface area contributed by atoms with Crippen LogP contribution in [0.2, 0.25) is 5.02 Å². The molecule has 1 aromatic carbocycles. The van der Waals surface area contributed by atoms with Crippen LogP contribution in [0, 0.1) is 0 Å². The molecule has 2 aromatic rings. The molecule has 0 bridgehead atoms. The van der Waals surface area contributed by atoms with Crippen molar-refractivity contribution in [1.29, 1.82) is 0 Å². The number of aromatic nitrogens is 2. The minimum atomic E-state index is -0.129. The van der Waals surface area contributed by atoms with Crippen molar-refractivity contribution >= 4 is 27.5 Å². The van der Waals surface area contributed by atoms with Gasteiger partial charge in [-0.15, -0.1) is 0 Å². The molecule has 0 unspecified atom stereocenters. The highest BCUT2D eigenvalue weighted by molar-refractivity contribution is 9.10. The van der Waals surface area contributed by atoms with Crippen LogP contribution in [0.5, 0.6) is 0 Å². The van der Waals surface area contributed by atoms with Gasteiger partial charge in [0.15, 0.2) is 0 Å². The standard InChI is InChI=1S/C14H14BrClN2O/c1-2-4-11-13(15)14(19)18-12(17-11)8-9-5-3-6-10(16)7-9/h3,5-7H,2,4,8H2,1H3,(H,17,18,19). The average molecular weight is 342 g/mol. The molecule has 0 atom stereocenters. The topological polar surface area (TPSA) is 45.8 Å². The van der Waals surface area contributed by atoms with Gasteiger partial charge in [0.2, 0.25) is 0 Å². The fraction of sp³-hybridized carbons (Fsp3) is 0.286. The summed E-state index contributed by atoms with van der Waals surface area (Å²) in [4.78, 5) is 19.1. The van der Waals surface area contributed by atoms with Gasteiger partial charge in [0.1, 0.15) is 10.3 Å². The minimum absolute atomic E-state index is 0.129. The van der Waals surface area contributed by atoms with Crippen molar-refractivity contribution in [2.75, 3.05) is 0 Å². The summed E-state index contributed by atoms with van der Waals surface area (Å²) in [6.45, 7) is 2.06. The van der Waals surface area contributed by atoms with E-state index in [0.717, 1.165) is 24.1 Å². The third kappa shape index (κ3) is 3.67. The summed E-state index contributed by atoms with van der Waals surface area (Å²) in [6.07, 6.45) is 2.30. The maximum Gasteiger partial charge on any atom is 0.265 e. The summed E-state index contributed by atoms with van der Waals surface area (Å²) in [5.74, 6) is 0.666. The first-order valence-corrected chi connectivity index (χ1v) is 7.29. The second-order valence-electron chi connectivity index (χ2n) is 4.33. The van der Waals surface area contributed by atoms with Crippen LogP contribution in [-0.2, 0) is 12.8 Å². The molecule has 0 saturated heterocycles. The second-order valence-corrected chi connectivity index (χ2v) is 5.56. The van der Waals surface area contributed by atoms with Crippen molar-refractivity contribution in [2.45, 2.75) is 26.2 Å². The fourth-order valence-electron chi connectivity index (χ4n) is 1.88. The van der Waals surface area contributed by atoms with E-state index in [1.807, 2.05) is 24.3 Å². The van der Waals surface area contributed by atoms with E-state index >= 15 is 0 Å². The zero-order valence-electron chi connectivity index (χ0n) is 10.5. The Hall–Kier alpha value is -1.13. The Bertz CT molecular complexity index is 640. The molecule has 100 valence electrons. The third-order valence-electron chi connectivity index (χ3n) is 2.73. The maximum atomic E-state index is 11.8. The minimum Gasteiger partial charge on any atom is -0.309 e. The second kappa shape index (κ2) is 6.35. The number of halogens is 2. The summed E-state index contributed by atoms with van der Waals surface area (Å²) >= 11 is 9.23. The van der Waals surface area contributed by atoms with Crippen LogP contribution in [0.3, 0.4) is 0 Å². The van der Waals surface area contributed by atoms with Gasteiger partial charge in [-0.3, -0.25) is 4.79 Å². The molecular weight excluding hydrogens is 328 g/mol. The number of H-pyrrole nitrogens is 1. The van der Waals surface area contributed by atoms with Gasteiger partial charge in [-0.25, -0.2) is 4.98 Å². The van der Waals surface area contributed by atoms with Gasteiger partial charge >= 0.3 is 0 Å². The van der Waals surface area contributed by atoms with Crippen molar-refractivity contribution < 1.29 is 0 Å². The Morgan fingerprint density at radius 2 is 2.21 bits per heavy atom. The number of hydrogen-bond acceptors (Lipinski definition) is 2. The molecule has 3 nitrogen and oxygen atoms in total. The van der Waals surface area contributed by atoms with Crippen LogP contribution in [0.15, 0.2) is 33.5 Å². The lowest BCUT2D eigenvalue weighted by Crippen LogP contribution is -2.16. The summed E-state index contributed by atoms with van der Waals surface area (Å²) in [6, 6.07) is 7.56. The first-order valence-electron chi connectivity index (χ1n) is 6.12. The maximum absolute atomic E-state index is 11.8. The molecule has 1 aromatic heterocycles. The molecule has 0 spiro atoms. The molecule has 2 rings (SSSR count). The lowest BCUT2D eigenvalue weighted by molar-refractivity contribution is 0.823.